The van der Waals surface area contributed by atoms with Gasteiger partial charge in [-0.1, -0.05) is 25.7 Å². The zero-order valence-electron chi connectivity index (χ0n) is 10.4. The van der Waals surface area contributed by atoms with Crippen LogP contribution in [0, 0.1) is 0 Å². The van der Waals surface area contributed by atoms with E-state index in [1.165, 1.54) is 0 Å². The Morgan fingerprint density at radius 3 is 2.53 bits per heavy atom. The van der Waals surface area contributed by atoms with Crippen LogP contribution in [-0.4, -0.2) is 25.6 Å². The molecule has 2 nitrogen and oxygen atoms in total. The van der Waals surface area contributed by atoms with Gasteiger partial charge in [-0.25, -0.2) is 0 Å². The molecule has 0 N–H and O–H groups in total. The lowest BCUT2D eigenvalue weighted by molar-refractivity contribution is 0.281. The van der Waals surface area contributed by atoms with Crippen molar-refractivity contribution < 1.29 is 4.74 Å². The molecule has 0 amide bonds. The third-order valence-electron chi connectivity index (χ3n) is 2.37. The van der Waals surface area contributed by atoms with Gasteiger partial charge in [-0.15, -0.1) is 0 Å². The highest BCUT2D eigenvalue weighted by Crippen LogP contribution is 2.10. The van der Waals surface area contributed by atoms with Crippen molar-refractivity contribution in [3.63, 3.8) is 0 Å². The summed E-state index contributed by atoms with van der Waals surface area (Å²) in [5.74, 6) is 0.844. The fraction of sp³-hybridized carbons (Fsp3) is 0.538. The molecule has 0 aliphatic rings. The van der Waals surface area contributed by atoms with E-state index in [9.17, 15) is 0 Å². The Hall–Kier alpha value is -1.18. The molecule has 0 radical (unpaired) electrons. The van der Waals surface area contributed by atoms with Crippen LogP contribution in [0.15, 0.2) is 36.3 Å². The van der Waals surface area contributed by atoms with Crippen LogP contribution >= 0.6 is 0 Å². The summed E-state index contributed by atoms with van der Waals surface area (Å²) in [5.41, 5.74) is 1.12. The molecular weight excluding hydrogens is 186 g/mol. The molecule has 0 heterocycles. The van der Waals surface area contributed by atoms with Crippen molar-refractivity contribution in [3.05, 3.63) is 36.3 Å². The van der Waals surface area contributed by atoms with Crippen LogP contribution in [0.1, 0.15) is 26.7 Å². The average molecular weight is 209 g/mol. The average Bonchev–Trinajstić information content (AvgIpc) is 2.25. The molecule has 0 atom stereocenters. The van der Waals surface area contributed by atoms with Crippen molar-refractivity contribution in [1.82, 2.24) is 4.90 Å². The Morgan fingerprint density at radius 1 is 1.40 bits per heavy atom. The maximum Gasteiger partial charge on any atom is 0.137 e. The van der Waals surface area contributed by atoms with E-state index >= 15 is 0 Å². The Labute approximate surface area is 93.9 Å². The van der Waals surface area contributed by atoms with Crippen molar-refractivity contribution in [2.75, 3.05) is 20.7 Å². The Balaban J connectivity index is 4.19. The lowest BCUT2D eigenvalue weighted by Gasteiger charge is -2.20. The smallest absolute Gasteiger partial charge is 0.137 e. The minimum Gasteiger partial charge on any atom is -0.495 e. The molecule has 86 valence electrons. The van der Waals surface area contributed by atoms with Gasteiger partial charge >= 0.3 is 0 Å². The fourth-order valence-electron chi connectivity index (χ4n) is 1.29. The molecule has 15 heavy (non-hydrogen) atoms. The van der Waals surface area contributed by atoms with Crippen molar-refractivity contribution >= 4 is 0 Å². The first-order chi connectivity index (χ1) is 7.17. The molecule has 0 saturated carbocycles. The van der Waals surface area contributed by atoms with E-state index in [4.69, 9.17) is 4.74 Å². The van der Waals surface area contributed by atoms with Gasteiger partial charge in [0.25, 0.3) is 0 Å². The molecule has 0 rings (SSSR count). The maximum atomic E-state index is 5.21. The first kappa shape index (κ1) is 13.8. The Morgan fingerprint density at radius 2 is 2.07 bits per heavy atom. The van der Waals surface area contributed by atoms with Crippen molar-refractivity contribution in [2.45, 2.75) is 26.7 Å². The predicted molar refractivity (Wildman–Crippen MR) is 66.6 cm³/mol. The summed E-state index contributed by atoms with van der Waals surface area (Å²) in [6, 6.07) is 0. The topological polar surface area (TPSA) is 12.5 Å². The number of hydrogen-bond acceptors (Lipinski definition) is 2. The molecule has 0 fully saturated rings. The van der Waals surface area contributed by atoms with Crippen LogP contribution < -0.4 is 0 Å². The van der Waals surface area contributed by atoms with Gasteiger partial charge in [-0.3, -0.25) is 0 Å². The summed E-state index contributed by atoms with van der Waals surface area (Å²) in [5, 5.41) is 0. The van der Waals surface area contributed by atoms with Gasteiger partial charge in [0, 0.05) is 13.6 Å². The van der Waals surface area contributed by atoms with Crippen LogP contribution in [0.2, 0.25) is 0 Å². The number of allylic oxidation sites excluding steroid dienone is 3. The molecular formula is C13H23NO. The number of ether oxygens (including phenoxy) is 1. The van der Waals surface area contributed by atoms with Gasteiger partial charge in [0.15, 0.2) is 0 Å². The molecule has 0 spiro atoms. The van der Waals surface area contributed by atoms with Gasteiger partial charge in [-0.2, -0.15) is 0 Å². The lowest BCUT2D eigenvalue weighted by Crippen LogP contribution is -2.18. The van der Waals surface area contributed by atoms with Gasteiger partial charge in [0.1, 0.15) is 5.76 Å². The second kappa shape index (κ2) is 8.16. The predicted octanol–water partition coefficient (Wildman–Crippen LogP) is 3.34. The maximum absolute atomic E-state index is 5.21. The third kappa shape index (κ3) is 5.31. The van der Waals surface area contributed by atoms with Crippen LogP contribution in [0.25, 0.3) is 0 Å². The molecule has 2 heteroatoms. The van der Waals surface area contributed by atoms with Crippen molar-refractivity contribution in [1.29, 1.82) is 0 Å². The number of hydrogen-bond donors (Lipinski definition) is 0. The highest BCUT2D eigenvalue weighted by atomic mass is 16.5. The minimum atomic E-state index is 0.844. The Bertz CT molecular complexity index is 241. The van der Waals surface area contributed by atoms with Crippen molar-refractivity contribution in [3.8, 4) is 0 Å². The van der Waals surface area contributed by atoms with Gasteiger partial charge in [0.05, 0.1) is 12.8 Å². The van der Waals surface area contributed by atoms with E-state index in [-0.39, 0.29) is 0 Å². The van der Waals surface area contributed by atoms with E-state index in [0.29, 0.717) is 0 Å². The highest BCUT2D eigenvalue weighted by Gasteiger charge is 2.03. The molecule has 0 aliphatic carbocycles. The molecule has 0 aliphatic heterocycles. The van der Waals surface area contributed by atoms with Crippen LogP contribution in [-0.2, 0) is 4.74 Å². The van der Waals surface area contributed by atoms with Crippen molar-refractivity contribution in [2.24, 2.45) is 0 Å². The summed E-state index contributed by atoms with van der Waals surface area (Å²) >= 11 is 0. The van der Waals surface area contributed by atoms with E-state index in [2.05, 4.69) is 37.6 Å². The molecule has 0 aromatic heterocycles. The monoisotopic (exact) mass is 209 g/mol. The standard InChI is InChI=1S/C13H23NO/c1-6-8-9-10-11-14(4)12(3)13(7-2)15-5/h7-9H,2,6,10-11H2,1,3-5H3/b9-8-,13-12-. The van der Waals surface area contributed by atoms with Gasteiger partial charge < -0.3 is 9.64 Å². The largest absolute Gasteiger partial charge is 0.495 e. The molecule has 0 aromatic carbocycles. The molecule has 0 aromatic rings. The van der Waals surface area contributed by atoms with E-state index in [0.717, 1.165) is 30.8 Å². The lowest BCUT2D eigenvalue weighted by atomic mass is 10.3. The summed E-state index contributed by atoms with van der Waals surface area (Å²) in [6.45, 7) is 8.92. The molecule has 0 bridgehead atoms. The Kier molecular flexibility index (Phi) is 7.51. The SMILES string of the molecule is C=C/C(OC)=C(\C)N(C)CC/C=C\CC. The van der Waals surface area contributed by atoms with Gasteiger partial charge in [0.2, 0.25) is 0 Å². The fourth-order valence-corrected chi connectivity index (χ4v) is 1.29. The van der Waals surface area contributed by atoms with Crippen LogP contribution in [0.3, 0.4) is 0 Å². The first-order valence-corrected chi connectivity index (χ1v) is 5.40. The van der Waals surface area contributed by atoms with E-state index in [1.54, 1.807) is 13.2 Å². The summed E-state index contributed by atoms with van der Waals surface area (Å²) < 4.78 is 5.21. The second-order valence-corrected chi connectivity index (χ2v) is 3.45. The minimum absolute atomic E-state index is 0.844. The van der Waals surface area contributed by atoms with Crippen LogP contribution in [0.4, 0.5) is 0 Å². The quantitative estimate of drug-likeness (QED) is 0.362. The molecule has 0 saturated heterocycles. The number of methoxy groups -OCH3 is 1. The van der Waals surface area contributed by atoms with Gasteiger partial charge in [-0.05, 0) is 25.8 Å². The molecule has 0 unspecified atom stereocenters. The summed E-state index contributed by atoms with van der Waals surface area (Å²) in [4.78, 5) is 2.18. The highest BCUT2D eigenvalue weighted by molar-refractivity contribution is 5.15. The number of nitrogens with zero attached hydrogens (tertiary/aromatic N) is 1. The zero-order valence-corrected chi connectivity index (χ0v) is 10.4. The number of rotatable bonds is 7. The summed E-state index contributed by atoms with van der Waals surface area (Å²) in [6.07, 6.45) is 8.32. The zero-order chi connectivity index (χ0) is 11.7. The second-order valence-electron chi connectivity index (χ2n) is 3.45. The summed E-state index contributed by atoms with van der Waals surface area (Å²) in [7, 11) is 3.74. The van der Waals surface area contributed by atoms with E-state index in [1.807, 2.05) is 6.92 Å². The normalized spacial score (nSPS) is 12.5. The third-order valence-corrected chi connectivity index (χ3v) is 2.37. The van der Waals surface area contributed by atoms with E-state index < -0.39 is 0 Å². The first-order valence-electron chi connectivity index (χ1n) is 5.40. The van der Waals surface area contributed by atoms with Crippen LogP contribution in [0.5, 0.6) is 0 Å².